The number of aromatic nitrogens is 3. The van der Waals surface area contributed by atoms with Crippen molar-refractivity contribution in [2.75, 3.05) is 25.0 Å². The number of piperidine rings is 1. The number of benzene rings is 1. The third kappa shape index (κ3) is 3.36. The Labute approximate surface area is 185 Å². The van der Waals surface area contributed by atoms with E-state index in [0.29, 0.717) is 36.4 Å². The average molecular weight is 433 g/mol. The van der Waals surface area contributed by atoms with Crippen molar-refractivity contribution in [3.05, 3.63) is 76.1 Å². The third-order valence-electron chi connectivity index (χ3n) is 6.62. The van der Waals surface area contributed by atoms with Gasteiger partial charge in [0.2, 0.25) is 5.95 Å². The van der Waals surface area contributed by atoms with Gasteiger partial charge in [0.05, 0.1) is 11.9 Å². The van der Waals surface area contributed by atoms with Crippen molar-refractivity contribution < 1.29 is 9.18 Å². The fourth-order valence-corrected chi connectivity index (χ4v) is 4.89. The zero-order chi connectivity index (χ0) is 22.6. The Morgan fingerprint density at radius 3 is 2.62 bits per heavy atom. The molecule has 0 bridgehead atoms. The number of halogens is 1. The number of nitrogens with zero attached hydrogens (tertiary/aromatic N) is 5. The number of hydrogen-bond donors (Lipinski definition) is 0. The summed E-state index contributed by atoms with van der Waals surface area (Å²) in [6, 6.07) is 10.7. The SMILES string of the molecule is Cc1cccc(C(=O)N2C[C@@H]3[C@H](C2)[C@H]3N(C)c2nc(-c3ccncc3F)cc(=O)n2C)c1. The van der Waals surface area contributed by atoms with Crippen LogP contribution in [0, 0.1) is 24.6 Å². The third-order valence-corrected chi connectivity index (χ3v) is 6.62. The van der Waals surface area contributed by atoms with Gasteiger partial charge < -0.3 is 9.80 Å². The summed E-state index contributed by atoms with van der Waals surface area (Å²) in [5.74, 6) is 0.678. The standard InChI is InChI=1S/C24H24FN5O2/c1-14-5-4-6-15(9-14)23(32)30-12-17-18(13-30)22(17)29(3)24-27-20(10-21(31)28(24)2)16-7-8-26-11-19(16)25/h4-11,17-18,22H,12-13H2,1-3H3/t17-,18+,22+. The van der Waals surface area contributed by atoms with Gasteiger partial charge in [0, 0.05) is 68.5 Å². The van der Waals surface area contributed by atoms with Crippen LogP contribution in [0.25, 0.3) is 11.3 Å². The number of fused-ring (bicyclic) bond motifs is 1. The van der Waals surface area contributed by atoms with Crippen molar-refractivity contribution in [2.24, 2.45) is 18.9 Å². The molecule has 2 aliphatic rings. The zero-order valence-corrected chi connectivity index (χ0v) is 18.2. The lowest BCUT2D eigenvalue weighted by Crippen LogP contribution is -2.38. The van der Waals surface area contributed by atoms with Crippen molar-refractivity contribution >= 4 is 11.9 Å². The smallest absolute Gasteiger partial charge is 0.255 e. The van der Waals surface area contributed by atoms with Gasteiger partial charge in [-0.3, -0.25) is 19.1 Å². The van der Waals surface area contributed by atoms with Gasteiger partial charge in [0.25, 0.3) is 11.5 Å². The Morgan fingerprint density at radius 1 is 1.19 bits per heavy atom. The number of aryl methyl sites for hydroxylation is 1. The molecule has 1 amide bonds. The number of likely N-dealkylation sites (tertiary alicyclic amines) is 1. The highest BCUT2D eigenvalue weighted by atomic mass is 19.1. The molecule has 0 unspecified atom stereocenters. The van der Waals surface area contributed by atoms with Crippen molar-refractivity contribution in [3.63, 3.8) is 0 Å². The van der Waals surface area contributed by atoms with Crippen molar-refractivity contribution in [1.82, 2.24) is 19.4 Å². The molecule has 0 spiro atoms. The minimum atomic E-state index is -0.518. The Balaban J connectivity index is 1.35. The summed E-state index contributed by atoms with van der Waals surface area (Å²) in [6.07, 6.45) is 2.59. The zero-order valence-electron chi connectivity index (χ0n) is 18.2. The maximum Gasteiger partial charge on any atom is 0.255 e. The van der Waals surface area contributed by atoms with E-state index < -0.39 is 5.82 Å². The quantitative estimate of drug-likeness (QED) is 0.632. The lowest BCUT2D eigenvalue weighted by atomic mass is 10.1. The Morgan fingerprint density at radius 2 is 1.94 bits per heavy atom. The molecule has 7 nitrogen and oxygen atoms in total. The van der Waals surface area contributed by atoms with Crippen LogP contribution in [0.5, 0.6) is 0 Å². The summed E-state index contributed by atoms with van der Waals surface area (Å²) < 4.78 is 15.7. The van der Waals surface area contributed by atoms with Crippen molar-refractivity contribution in [1.29, 1.82) is 0 Å². The van der Waals surface area contributed by atoms with Gasteiger partial charge in [-0.25, -0.2) is 9.37 Å². The molecule has 1 aromatic carbocycles. The second-order valence-electron chi connectivity index (χ2n) is 8.70. The minimum Gasteiger partial charge on any atom is -0.342 e. The first-order chi connectivity index (χ1) is 15.3. The van der Waals surface area contributed by atoms with Crippen LogP contribution in [0.15, 0.2) is 53.6 Å². The maximum absolute atomic E-state index is 14.2. The second kappa shape index (κ2) is 7.55. The average Bonchev–Trinajstić information content (AvgIpc) is 3.28. The van der Waals surface area contributed by atoms with E-state index in [0.717, 1.165) is 11.8 Å². The van der Waals surface area contributed by atoms with Crippen LogP contribution in [-0.4, -0.2) is 51.5 Å². The predicted octanol–water partition coefficient (Wildman–Crippen LogP) is 2.50. The van der Waals surface area contributed by atoms with E-state index in [1.54, 1.807) is 7.05 Å². The molecule has 3 heterocycles. The number of amides is 1. The number of hydrogen-bond acceptors (Lipinski definition) is 5. The number of rotatable bonds is 4. The van der Waals surface area contributed by atoms with Crippen LogP contribution in [0.4, 0.5) is 10.3 Å². The van der Waals surface area contributed by atoms with Crippen molar-refractivity contribution in [2.45, 2.75) is 13.0 Å². The molecule has 3 atom stereocenters. The first-order valence-corrected chi connectivity index (χ1v) is 10.6. The largest absolute Gasteiger partial charge is 0.342 e. The van der Waals surface area contributed by atoms with Gasteiger partial charge in [-0.15, -0.1) is 0 Å². The summed E-state index contributed by atoms with van der Waals surface area (Å²) in [5, 5.41) is 0. The van der Waals surface area contributed by atoms with E-state index in [9.17, 15) is 14.0 Å². The van der Waals surface area contributed by atoms with Crippen LogP contribution in [0.2, 0.25) is 0 Å². The van der Waals surface area contributed by atoms with Crippen molar-refractivity contribution in [3.8, 4) is 11.3 Å². The molecular weight excluding hydrogens is 409 g/mol. The molecule has 5 rings (SSSR count). The van der Waals surface area contributed by atoms with Crippen LogP contribution < -0.4 is 10.5 Å². The topological polar surface area (TPSA) is 71.3 Å². The highest BCUT2D eigenvalue weighted by molar-refractivity contribution is 5.94. The van der Waals surface area contributed by atoms with Gasteiger partial charge in [-0.1, -0.05) is 17.7 Å². The summed E-state index contributed by atoms with van der Waals surface area (Å²) in [7, 11) is 3.57. The summed E-state index contributed by atoms with van der Waals surface area (Å²) in [5.41, 5.74) is 2.06. The fourth-order valence-electron chi connectivity index (χ4n) is 4.89. The van der Waals surface area contributed by atoms with Crippen LogP contribution in [0.1, 0.15) is 15.9 Å². The van der Waals surface area contributed by atoms with E-state index in [2.05, 4.69) is 9.97 Å². The normalized spacial score (nSPS) is 21.4. The molecule has 1 saturated heterocycles. The monoisotopic (exact) mass is 433 g/mol. The van der Waals surface area contributed by atoms with Gasteiger partial charge in [0.1, 0.15) is 0 Å². The molecule has 3 aromatic rings. The molecule has 0 radical (unpaired) electrons. The van der Waals surface area contributed by atoms with Gasteiger partial charge in [-0.2, -0.15) is 0 Å². The highest BCUT2D eigenvalue weighted by Crippen LogP contribution is 2.49. The lowest BCUT2D eigenvalue weighted by Gasteiger charge is -2.26. The van der Waals surface area contributed by atoms with E-state index in [1.165, 1.54) is 22.9 Å². The highest BCUT2D eigenvalue weighted by Gasteiger charge is 2.59. The maximum atomic E-state index is 14.2. The first-order valence-electron chi connectivity index (χ1n) is 10.6. The summed E-state index contributed by atoms with van der Waals surface area (Å²) in [6.45, 7) is 3.34. The van der Waals surface area contributed by atoms with E-state index in [-0.39, 0.29) is 28.8 Å². The summed E-state index contributed by atoms with van der Waals surface area (Å²) >= 11 is 0. The Hall–Kier alpha value is -3.55. The van der Waals surface area contributed by atoms with E-state index in [4.69, 9.17) is 0 Å². The molecule has 2 aromatic heterocycles. The fraction of sp³-hybridized carbons (Fsp3) is 0.333. The lowest BCUT2D eigenvalue weighted by molar-refractivity contribution is 0.0772. The summed E-state index contributed by atoms with van der Waals surface area (Å²) in [4.78, 5) is 37.7. The van der Waals surface area contributed by atoms with Gasteiger partial charge >= 0.3 is 0 Å². The van der Waals surface area contributed by atoms with Crippen LogP contribution in [0.3, 0.4) is 0 Å². The molecule has 164 valence electrons. The molecule has 0 N–H and O–H groups in total. The Bertz CT molecular complexity index is 1260. The molecule has 2 fully saturated rings. The van der Waals surface area contributed by atoms with Gasteiger partial charge in [-0.05, 0) is 25.1 Å². The first kappa shape index (κ1) is 20.4. The Kier molecular flexibility index (Phi) is 4.80. The molecular formula is C24H24FN5O2. The predicted molar refractivity (Wildman–Crippen MR) is 119 cm³/mol. The molecule has 1 saturated carbocycles. The number of carbonyl (C=O) groups is 1. The van der Waals surface area contributed by atoms with E-state index >= 15 is 0 Å². The second-order valence-corrected chi connectivity index (χ2v) is 8.70. The molecule has 32 heavy (non-hydrogen) atoms. The van der Waals surface area contributed by atoms with Crippen LogP contribution >= 0.6 is 0 Å². The number of pyridine rings is 1. The number of carbonyl (C=O) groups excluding carboxylic acids is 1. The molecule has 1 aliphatic heterocycles. The molecule has 8 heteroatoms. The van der Waals surface area contributed by atoms with Gasteiger partial charge in [0.15, 0.2) is 5.82 Å². The number of anilines is 1. The van der Waals surface area contributed by atoms with Crippen LogP contribution in [-0.2, 0) is 7.05 Å². The minimum absolute atomic E-state index is 0.0583. The van der Waals surface area contributed by atoms with E-state index in [1.807, 2.05) is 48.0 Å². The molecule has 1 aliphatic carbocycles.